The standard InChI is InChI=1S/C14H15Cl2NO2S/c1-17-13(10-6-7-11(15)20-10)8-4-5-9(18-2)12(16)14(8)19-3/h4-7,13,17H,1-3H3. The minimum absolute atomic E-state index is 0.0362. The second kappa shape index (κ2) is 6.68. The van der Waals surface area contributed by atoms with Crippen molar-refractivity contribution in [2.75, 3.05) is 21.3 Å². The number of methoxy groups -OCH3 is 2. The van der Waals surface area contributed by atoms with Crippen LogP contribution in [0.15, 0.2) is 24.3 Å². The topological polar surface area (TPSA) is 30.5 Å². The lowest BCUT2D eigenvalue weighted by molar-refractivity contribution is 0.389. The largest absolute Gasteiger partial charge is 0.495 e. The van der Waals surface area contributed by atoms with E-state index in [-0.39, 0.29) is 6.04 Å². The third-order valence-electron chi connectivity index (χ3n) is 2.99. The zero-order valence-electron chi connectivity index (χ0n) is 11.4. The Morgan fingerprint density at radius 3 is 2.35 bits per heavy atom. The van der Waals surface area contributed by atoms with Crippen LogP contribution in [-0.2, 0) is 0 Å². The lowest BCUT2D eigenvalue weighted by Crippen LogP contribution is -2.17. The summed E-state index contributed by atoms with van der Waals surface area (Å²) in [4.78, 5) is 1.09. The maximum absolute atomic E-state index is 6.31. The van der Waals surface area contributed by atoms with Crippen molar-refractivity contribution in [2.24, 2.45) is 0 Å². The molecule has 0 saturated heterocycles. The molecular weight excluding hydrogens is 317 g/mol. The van der Waals surface area contributed by atoms with E-state index in [1.807, 2.05) is 31.3 Å². The molecule has 20 heavy (non-hydrogen) atoms. The van der Waals surface area contributed by atoms with E-state index in [1.54, 1.807) is 14.2 Å². The summed E-state index contributed by atoms with van der Waals surface area (Å²) < 4.78 is 11.4. The smallest absolute Gasteiger partial charge is 0.146 e. The van der Waals surface area contributed by atoms with Gasteiger partial charge in [-0.05, 0) is 31.3 Å². The Hall–Kier alpha value is -0.940. The van der Waals surface area contributed by atoms with Gasteiger partial charge in [-0.2, -0.15) is 0 Å². The number of hydrogen-bond donors (Lipinski definition) is 1. The molecule has 0 aliphatic carbocycles. The fourth-order valence-electron chi connectivity index (χ4n) is 2.08. The van der Waals surface area contributed by atoms with Crippen LogP contribution in [0.5, 0.6) is 11.5 Å². The highest BCUT2D eigenvalue weighted by Crippen LogP contribution is 2.42. The van der Waals surface area contributed by atoms with Gasteiger partial charge in [-0.25, -0.2) is 0 Å². The first-order valence-corrected chi connectivity index (χ1v) is 7.52. The van der Waals surface area contributed by atoms with Gasteiger partial charge >= 0.3 is 0 Å². The Kier molecular flexibility index (Phi) is 5.16. The lowest BCUT2D eigenvalue weighted by atomic mass is 10.0. The van der Waals surface area contributed by atoms with Crippen LogP contribution in [0.4, 0.5) is 0 Å². The highest BCUT2D eigenvalue weighted by atomic mass is 35.5. The second-order valence-corrected chi connectivity index (χ2v) is 6.19. The maximum atomic E-state index is 6.31. The zero-order valence-corrected chi connectivity index (χ0v) is 13.7. The van der Waals surface area contributed by atoms with Crippen molar-refractivity contribution < 1.29 is 9.47 Å². The second-order valence-electron chi connectivity index (χ2n) is 4.07. The summed E-state index contributed by atoms with van der Waals surface area (Å²) in [5.41, 5.74) is 0.944. The number of nitrogens with one attached hydrogen (secondary N) is 1. The minimum Gasteiger partial charge on any atom is -0.495 e. The van der Waals surface area contributed by atoms with Crippen molar-refractivity contribution in [3.63, 3.8) is 0 Å². The third kappa shape index (κ3) is 2.88. The van der Waals surface area contributed by atoms with Gasteiger partial charge in [0.1, 0.15) is 16.5 Å². The molecule has 0 saturated carbocycles. The zero-order chi connectivity index (χ0) is 14.7. The quantitative estimate of drug-likeness (QED) is 0.881. The van der Waals surface area contributed by atoms with Crippen molar-refractivity contribution in [3.8, 4) is 11.5 Å². The molecule has 1 heterocycles. The van der Waals surface area contributed by atoms with Gasteiger partial charge in [0.05, 0.1) is 24.6 Å². The van der Waals surface area contributed by atoms with Gasteiger partial charge < -0.3 is 14.8 Å². The van der Waals surface area contributed by atoms with E-state index < -0.39 is 0 Å². The summed E-state index contributed by atoms with van der Waals surface area (Å²) >= 11 is 13.8. The Balaban J connectivity index is 2.52. The van der Waals surface area contributed by atoms with Crippen LogP contribution in [0.3, 0.4) is 0 Å². The van der Waals surface area contributed by atoms with Crippen LogP contribution >= 0.6 is 34.5 Å². The molecular formula is C14H15Cl2NO2S. The number of halogens is 2. The first kappa shape index (κ1) is 15.4. The predicted octanol–water partition coefficient (Wildman–Crippen LogP) is 4.38. The molecule has 0 amide bonds. The SMILES string of the molecule is CNC(c1ccc(Cl)s1)c1ccc(OC)c(Cl)c1OC. The Morgan fingerprint density at radius 1 is 1.10 bits per heavy atom. The molecule has 1 N–H and O–H groups in total. The van der Waals surface area contributed by atoms with Crippen molar-refractivity contribution in [3.05, 3.63) is 44.1 Å². The predicted molar refractivity (Wildman–Crippen MR) is 84.8 cm³/mol. The molecule has 2 rings (SSSR count). The normalized spacial score (nSPS) is 12.2. The van der Waals surface area contributed by atoms with Gasteiger partial charge in [-0.15, -0.1) is 11.3 Å². The molecule has 0 aliphatic heterocycles. The van der Waals surface area contributed by atoms with Gasteiger partial charge in [0.2, 0.25) is 0 Å². The summed E-state index contributed by atoms with van der Waals surface area (Å²) in [6.07, 6.45) is 0. The van der Waals surface area contributed by atoms with Crippen LogP contribution in [-0.4, -0.2) is 21.3 Å². The number of rotatable bonds is 5. The van der Waals surface area contributed by atoms with Crippen LogP contribution in [0.1, 0.15) is 16.5 Å². The van der Waals surface area contributed by atoms with Crippen LogP contribution in [0, 0.1) is 0 Å². The Labute approximate surface area is 132 Å². The Morgan fingerprint density at radius 2 is 1.85 bits per heavy atom. The highest BCUT2D eigenvalue weighted by Gasteiger charge is 2.22. The summed E-state index contributed by atoms with van der Waals surface area (Å²) in [5.74, 6) is 1.20. The molecule has 1 atom stereocenters. The summed E-state index contributed by atoms with van der Waals surface area (Å²) in [6.45, 7) is 0. The van der Waals surface area contributed by atoms with Gasteiger partial charge in [0, 0.05) is 10.4 Å². The van der Waals surface area contributed by atoms with E-state index >= 15 is 0 Å². The third-order valence-corrected chi connectivity index (χ3v) is 4.65. The van der Waals surface area contributed by atoms with Crippen molar-refractivity contribution in [1.82, 2.24) is 5.32 Å². The first-order valence-electron chi connectivity index (χ1n) is 5.95. The van der Waals surface area contributed by atoms with E-state index in [4.69, 9.17) is 32.7 Å². The van der Waals surface area contributed by atoms with E-state index in [9.17, 15) is 0 Å². The van der Waals surface area contributed by atoms with Gasteiger partial charge in [0.15, 0.2) is 0 Å². The maximum Gasteiger partial charge on any atom is 0.146 e. The number of benzene rings is 1. The molecule has 0 radical (unpaired) electrons. The van der Waals surface area contributed by atoms with Crippen molar-refractivity contribution in [2.45, 2.75) is 6.04 Å². The highest BCUT2D eigenvalue weighted by molar-refractivity contribution is 7.16. The summed E-state index contributed by atoms with van der Waals surface area (Å²) in [7, 11) is 5.06. The first-order chi connectivity index (χ1) is 9.62. The average Bonchev–Trinajstić information content (AvgIpc) is 2.86. The van der Waals surface area contributed by atoms with E-state index in [0.29, 0.717) is 16.5 Å². The van der Waals surface area contributed by atoms with Crippen LogP contribution in [0.2, 0.25) is 9.36 Å². The van der Waals surface area contributed by atoms with Gasteiger partial charge in [0.25, 0.3) is 0 Å². The molecule has 0 bridgehead atoms. The van der Waals surface area contributed by atoms with Crippen LogP contribution < -0.4 is 14.8 Å². The van der Waals surface area contributed by atoms with E-state index in [0.717, 1.165) is 14.8 Å². The summed E-state index contributed by atoms with van der Waals surface area (Å²) in [5, 5.41) is 3.73. The fourth-order valence-corrected chi connectivity index (χ4v) is 3.60. The van der Waals surface area contributed by atoms with Gasteiger partial charge in [-0.3, -0.25) is 0 Å². The molecule has 6 heteroatoms. The monoisotopic (exact) mass is 331 g/mol. The number of ether oxygens (including phenoxy) is 2. The molecule has 0 fully saturated rings. The van der Waals surface area contributed by atoms with E-state index in [1.165, 1.54) is 11.3 Å². The van der Waals surface area contributed by atoms with Gasteiger partial charge in [-0.1, -0.05) is 23.2 Å². The van der Waals surface area contributed by atoms with Crippen molar-refractivity contribution >= 4 is 34.5 Å². The molecule has 0 aliphatic rings. The molecule has 1 unspecified atom stereocenters. The fraction of sp³-hybridized carbons (Fsp3) is 0.286. The van der Waals surface area contributed by atoms with Crippen molar-refractivity contribution in [1.29, 1.82) is 0 Å². The molecule has 3 nitrogen and oxygen atoms in total. The minimum atomic E-state index is -0.0362. The molecule has 0 spiro atoms. The Bertz CT molecular complexity index is 601. The van der Waals surface area contributed by atoms with E-state index in [2.05, 4.69) is 5.32 Å². The molecule has 1 aromatic heterocycles. The number of hydrogen-bond acceptors (Lipinski definition) is 4. The molecule has 2 aromatic rings. The number of thiophene rings is 1. The molecule has 1 aromatic carbocycles. The lowest BCUT2D eigenvalue weighted by Gasteiger charge is -2.20. The molecule has 108 valence electrons. The van der Waals surface area contributed by atoms with Crippen LogP contribution in [0.25, 0.3) is 0 Å². The average molecular weight is 332 g/mol. The summed E-state index contributed by atoms with van der Waals surface area (Å²) in [6, 6.07) is 7.61.